The van der Waals surface area contributed by atoms with Crippen molar-refractivity contribution in [2.45, 2.75) is 70.1 Å². The number of carboxylic acid groups (broad SMARTS) is 2. The van der Waals surface area contributed by atoms with E-state index in [1.54, 1.807) is 13.8 Å². The maximum atomic E-state index is 13.0. The van der Waals surface area contributed by atoms with Gasteiger partial charge in [-0.25, -0.2) is 4.79 Å². The fraction of sp³-hybridized carbons (Fsp3) is 0.700. The summed E-state index contributed by atoms with van der Waals surface area (Å²) in [5, 5.41) is 23.3. The van der Waals surface area contributed by atoms with Gasteiger partial charge in [0.25, 0.3) is 0 Å². The van der Waals surface area contributed by atoms with E-state index in [-0.39, 0.29) is 25.5 Å². The maximum Gasteiger partial charge on any atom is 0.326 e. The van der Waals surface area contributed by atoms with E-state index >= 15 is 0 Å². The molecule has 14 heteroatoms. The zero-order valence-corrected chi connectivity index (χ0v) is 19.4. The summed E-state index contributed by atoms with van der Waals surface area (Å²) in [7, 11) is 0. The molecule has 4 atom stereocenters. The molecule has 3 amide bonds. The third kappa shape index (κ3) is 8.84. The quantitative estimate of drug-likeness (QED) is 0.0823. The Morgan fingerprint density at radius 1 is 1.12 bits per heavy atom. The van der Waals surface area contributed by atoms with Crippen LogP contribution in [0.1, 0.15) is 46.0 Å². The van der Waals surface area contributed by atoms with Gasteiger partial charge in [-0.15, -0.1) is 0 Å². The monoisotopic (exact) mass is 485 g/mol. The van der Waals surface area contributed by atoms with Crippen LogP contribution in [0.5, 0.6) is 0 Å². The molecule has 0 radical (unpaired) electrons. The molecule has 0 saturated carbocycles. The molecule has 0 spiro atoms. The van der Waals surface area contributed by atoms with Crippen LogP contribution in [-0.4, -0.2) is 88.0 Å². The first-order valence-electron chi connectivity index (χ1n) is 11.0. The number of rotatable bonds is 13. The lowest BCUT2D eigenvalue weighted by Gasteiger charge is -2.28. The molecular weight excluding hydrogens is 450 g/mol. The Balaban J connectivity index is 2.96. The number of nitrogens with one attached hydrogen (secondary N) is 2. The Kier molecular flexibility index (Phi) is 11.2. The van der Waals surface area contributed by atoms with Crippen molar-refractivity contribution in [2.24, 2.45) is 28.1 Å². The third-order valence-corrected chi connectivity index (χ3v) is 5.36. The van der Waals surface area contributed by atoms with Crippen molar-refractivity contribution in [1.82, 2.24) is 15.5 Å². The third-order valence-electron chi connectivity index (χ3n) is 5.36. The molecule has 1 rings (SSSR count). The van der Waals surface area contributed by atoms with Crippen LogP contribution in [0.25, 0.3) is 0 Å². The van der Waals surface area contributed by atoms with E-state index in [0.29, 0.717) is 19.3 Å². The summed E-state index contributed by atoms with van der Waals surface area (Å²) in [6, 6.07) is -4.50. The highest BCUT2D eigenvalue weighted by atomic mass is 16.4. The Hall–Kier alpha value is -3.42. The molecule has 192 valence electrons. The van der Waals surface area contributed by atoms with E-state index < -0.39 is 66.2 Å². The van der Waals surface area contributed by atoms with Crippen LogP contribution in [-0.2, 0) is 24.0 Å². The van der Waals surface area contributed by atoms with Crippen molar-refractivity contribution in [3.8, 4) is 0 Å². The van der Waals surface area contributed by atoms with Gasteiger partial charge < -0.3 is 42.9 Å². The van der Waals surface area contributed by atoms with Gasteiger partial charge in [0.1, 0.15) is 18.1 Å². The van der Waals surface area contributed by atoms with Crippen molar-refractivity contribution in [2.75, 3.05) is 13.1 Å². The Morgan fingerprint density at radius 3 is 2.29 bits per heavy atom. The van der Waals surface area contributed by atoms with Crippen LogP contribution in [0, 0.1) is 5.92 Å². The average Bonchev–Trinajstić information content (AvgIpc) is 3.22. The second kappa shape index (κ2) is 13.3. The van der Waals surface area contributed by atoms with E-state index in [9.17, 15) is 29.1 Å². The summed E-state index contributed by atoms with van der Waals surface area (Å²) < 4.78 is 0. The molecule has 1 heterocycles. The molecule has 0 aromatic carbocycles. The van der Waals surface area contributed by atoms with Gasteiger partial charge in [-0.3, -0.25) is 24.2 Å². The van der Waals surface area contributed by atoms with Crippen LogP contribution in [0.4, 0.5) is 0 Å². The number of hydrogen-bond acceptors (Lipinski definition) is 7. The molecule has 10 N–H and O–H groups in total. The fourth-order valence-corrected chi connectivity index (χ4v) is 3.60. The highest BCUT2D eigenvalue weighted by Crippen LogP contribution is 2.19. The van der Waals surface area contributed by atoms with Gasteiger partial charge in [-0.1, -0.05) is 13.8 Å². The lowest BCUT2D eigenvalue weighted by Crippen LogP contribution is -2.57. The standard InChI is InChI=1S/C20H35N7O7/c1-10(2)15(19(33)34)26-16(30)12(5-3-7-24-20(22)23)25-17(31)13-6-4-8-27(13)18(32)11(21)9-14(28)29/h10-13,15H,3-9,21H2,1-2H3,(H,25,31)(H,26,30)(H,28,29)(H,33,34)(H4,22,23,24). The van der Waals surface area contributed by atoms with Gasteiger partial charge in [0.15, 0.2) is 5.96 Å². The predicted octanol–water partition coefficient (Wildman–Crippen LogP) is -2.46. The number of amides is 3. The fourth-order valence-electron chi connectivity index (χ4n) is 3.60. The maximum absolute atomic E-state index is 13.0. The van der Waals surface area contributed by atoms with Crippen LogP contribution in [0.2, 0.25) is 0 Å². The van der Waals surface area contributed by atoms with Gasteiger partial charge in [-0.2, -0.15) is 0 Å². The topological polar surface area (TPSA) is 244 Å². The van der Waals surface area contributed by atoms with Gasteiger partial charge in [0.05, 0.1) is 12.5 Å². The largest absolute Gasteiger partial charge is 0.481 e. The molecule has 34 heavy (non-hydrogen) atoms. The van der Waals surface area contributed by atoms with Gasteiger partial charge in [-0.05, 0) is 31.6 Å². The van der Waals surface area contributed by atoms with Crippen molar-refractivity contribution >= 4 is 35.6 Å². The van der Waals surface area contributed by atoms with Crippen LogP contribution >= 0.6 is 0 Å². The highest BCUT2D eigenvalue weighted by Gasteiger charge is 2.38. The number of carbonyl (C=O) groups excluding carboxylic acids is 3. The number of hydrogen-bond donors (Lipinski definition) is 7. The van der Waals surface area contributed by atoms with Crippen LogP contribution in [0.3, 0.4) is 0 Å². The van der Waals surface area contributed by atoms with Crippen molar-refractivity contribution in [1.29, 1.82) is 0 Å². The second-order valence-corrected chi connectivity index (χ2v) is 8.47. The molecule has 14 nitrogen and oxygen atoms in total. The number of likely N-dealkylation sites (tertiary alicyclic amines) is 1. The molecule has 0 bridgehead atoms. The first-order valence-corrected chi connectivity index (χ1v) is 11.0. The number of carbonyl (C=O) groups is 5. The lowest BCUT2D eigenvalue weighted by atomic mass is 10.0. The van der Waals surface area contributed by atoms with Crippen LogP contribution in [0.15, 0.2) is 4.99 Å². The lowest BCUT2D eigenvalue weighted by molar-refractivity contribution is -0.144. The molecule has 1 fully saturated rings. The number of carboxylic acids is 2. The van der Waals surface area contributed by atoms with E-state index in [0.717, 1.165) is 0 Å². The minimum Gasteiger partial charge on any atom is -0.481 e. The SMILES string of the molecule is CC(C)C(NC(=O)C(CCCN=C(N)N)NC(=O)C1CCCN1C(=O)C(N)CC(=O)O)C(=O)O. The molecule has 4 unspecified atom stereocenters. The van der Waals surface area contributed by atoms with Gasteiger partial charge in [0.2, 0.25) is 17.7 Å². The smallest absolute Gasteiger partial charge is 0.326 e. The first kappa shape index (κ1) is 28.6. The molecular formula is C20H35N7O7. The van der Waals surface area contributed by atoms with E-state index in [2.05, 4.69) is 15.6 Å². The molecule has 1 aliphatic rings. The summed E-state index contributed by atoms with van der Waals surface area (Å²) in [4.78, 5) is 65.8. The first-order chi connectivity index (χ1) is 15.8. The highest BCUT2D eigenvalue weighted by molar-refractivity contribution is 5.95. The van der Waals surface area contributed by atoms with E-state index in [1.807, 2.05) is 0 Å². The molecule has 0 aromatic rings. The molecule has 1 aliphatic heterocycles. The predicted molar refractivity (Wildman–Crippen MR) is 121 cm³/mol. The minimum absolute atomic E-state index is 0.109. The summed E-state index contributed by atoms with van der Waals surface area (Å²) >= 11 is 0. The molecule has 1 saturated heterocycles. The average molecular weight is 486 g/mol. The van der Waals surface area contributed by atoms with E-state index in [1.165, 1.54) is 4.90 Å². The van der Waals surface area contributed by atoms with Crippen molar-refractivity contribution in [3.05, 3.63) is 0 Å². The van der Waals surface area contributed by atoms with Gasteiger partial charge in [0, 0.05) is 13.1 Å². The second-order valence-electron chi connectivity index (χ2n) is 8.47. The number of guanidine groups is 1. The zero-order valence-electron chi connectivity index (χ0n) is 19.4. The van der Waals surface area contributed by atoms with Gasteiger partial charge >= 0.3 is 11.9 Å². The van der Waals surface area contributed by atoms with Crippen LogP contribution < -0.4 is 27.8 Å². The molecule has 0 aromatic heterocycles. The van der Waals surface area contributed by atoms with Crippen molar-refractivity contribution in [3.63, 3.8) is 0 Å². The zero-order chi connectivity index (χ0) is 26.0. The Labute approximate surface area is 197 Å². The van der Waals surface area contributed by atoms with E-state index in [4.69, 9.17) is 22.3 Å². The number of nitrogens with zero attached hydrogens (tertiary/aromatic N) is 2. The Morgan fingerprint density at radius 2 is 1.76 bits per heavy atom. The number of aliphatic imine (C=N–C) groups is 1. The minimum atomic E-state index is -1.30. The summed E-state index contributed by atoms with van der Waals surface area (Å²) in [6.45, 7) is 3.67. The number of nitrogens with two attached hydrogens (primary N) is 3. The van der Waals surface area contributed by atoms with Crippen molar-refractivity contribution < 1.29 is 34.2 Å². The number of aliphatic carboxylic acids is 2. The summed E-state index contributed by atoms with van der Waals surface area (Å²) in [5.74, 6) is -4.97. The Bertz CT molecular complexity index is 798. The summed E-state index contributed by atoms with van der Waals surface area (Å²) in [5.41, 5.74) is 16.3. The normalized spacial score (nSPS) is 18.0. The summed E-state index contributed by atoms with van der Waals surface area (Å²) in [6.07, 6.45) is 0.651. The molecule has 0 aliphatic carbocycles.